The monoisotopic (exact) mass is 263 g/mol. The Labute approximate surface area is 107 Å². The molecule has 17 heavy (non-hydrogen) atoms. The van der Waals surface area contributed by atoms with Gasteiger partial charge in [0.15, 0.2) is 0 Å². The van der Waals surface area contributed by atoms with Gasteiger partial charge in [-0.1, -0.05) is 27.7 Å². The Hall–Kier alpha value is -0.0900. The third-order valence-electron chi connectivity index (χ3n) is 3.11. The standard InChI is InChI=1S/C13H29NO2S/c1-6-9-14-11-12(13(2,3)4)8-7-10-17(5,15)16/h12,14H,6-11H2,1-5H3. The Balaban J connectivity index is 4.12. The van der Waals surface area contributed by atoms with Crippen molar-refractivity contribution in [1.82, 2.24) is 5.32 Å². The summed E-state index contributed by atoms with van der Waals surface area (Å²) in [5, 5.41) is 3.44. The smallest absolute Gasteiger partial charge is 0.147 e. The minimum atomic E-state index is -2.81. The van der Waals surface area contributed by atoms with Crippen LogP contribution in [0.2, 0.25) is 0 Å². The van der Waals surface area contributed by atoms with E-state index >= 15 is 0 Å². The van der Waals surface area contributed by atoms with Crippen LogP contribution in [0.25, 0.3) is 0 Å². The molecule has 0 heterocycles. The average molecular weight is 263 g/mol. The van der Waals surface area contributed by atoms with E-state index in [1.807, 2.05) is 0 Å². The van der Waals surface area contributed by atoms with E-state index in [4.69, 9.17) is 0 Å². The molecule has 3 nitrogen and oxygen atoms in total. The van der Waals surface area contributed by atoms with Crippen LogP contribution in [0.4, 0.5) is 0 Å². The number of sulfone groups is 1. The highest BCUT2D eigenvalue weighted by atomic mass is 32.2. The highest BCUT2D eigenvalue weighted by Crippen LogP contribution is 2.29. The SMILES string of the molecule is CCCNCC(CCCS(C)(=O)=O)C(C)(C)C. The van der Waals surface area contributed by atoms with Crippen LogP contribution in [-0.2, 0) is 9.84 Å². The van der Waals surface area contributed by atoms with E-state index in [-0.39, 0.29) is 5.41 Å². The molecule has 0 aliphatic carbocycles. The fraction of sp³-hybridized carbons (Fsp3) is 1.00. The third-order valence-corrected chi connectivity index (χ3v) is 4.14. The number of hydrogen-bond acceptors (Lipinski definition) is 3. The van der Waals surface area contributed by atoms with Gasteiger partial charge in [0.1, 0.15) is 9.84 Å². The fourth-order valence-corrected chi connectivity index (χ4v) is 2.58. The molecule has 0 aromatic heterocycles. The average Bonchev–Trinajstić information content (AvgIpc) is 2.12. The molecule has 104 valence electrons. The first-order chi connectivity index (χ1) is 7.67. The zero-order valence-electron chi connectivity index (χ0n) is 12.0. The highest BCUT2D eigenvalue weighted by molar-refractivity contribution is 7.90. The summed E-state index contributed by atoms with van der Waals surface area (Å²) in [4.78, 5) is 0. The van der Waals surface area contributed by atoms with Gasteiger partial charge in [-0.3, -0.25) is 0 Å². The van der Waals surface area contributed by atoms with Crippen LogP contribution in [0.1, 0.15) is 47.0 Å². The van der Waals surface area contributed by atoms with Crippen LogP contribution < -0.4 is 5.32 Å². The summed E-state index contributed by atoms with van der Waals surface area (Å²) in [6, 6.07) is 0. The van der Waals surface area contributed by atoms with Gasteiger partial charge < -0.3 is 5.32 Å². The van der Waals surface area contributed by atoms with Gasteiger partial charge in [0.05, 0.1) is 0 Å². The van der Waals surface area contributed by atoms with Crippen molar-refractivity contribution >= 4 is 9.84 Å². The summed E-state index contributed by atoms with van der Waals surface area (Å²) >= 11 is 0. The van der Waals surface area contributed by atoms with E-state index in [0.29, 0.717) is 11.7 Å². The number of hydrogen-bond donors (Lipinski definition) is 1. The van der Waals surface area contributed by atoms with Gasteiger partial charge in [-0.05, 0) is 43.7 Å². The van der Waals surface area contributed by atoms with Crippen molar-refractivity contribution in [2.45, 2.75) is 47.0 Å². The van der Waals surface area contributed by atoms with E-state index in [1.165, 1.54) is 6.26 Å². The van der Waals surface area contributed by atoms with Gasteiger partial charge in [-0.2, -0.15) is 0 Å². The molecule has 4 heteroatoms. The first kappa shape index (κ1) is 16.9. The Kier molecular flexibility index (Phi) is 7.33. The van der Waals surface area contributed by atoms with Gasteiger partial charge in [0, 0.05) is 12.0 Å². The quantitative estimate of drug-likeness (QED) is 0.684. The molecule has 0 aliphatic heterocycles. The van der Waals surface area contributed by atoms with Gasteiger partial charge in [-0.25, -0.2) is 8.42 Å². The zero-order valence-corrected chi connectivity index (χ0v) is 12.9. The molecule has 0 spiro atoms. The Bertz CT molecular complexity index is 291. The molecule has 0 radical (unpaired) electrons. The summed E-state index contributed by atoms with van der Waals surface area (Å²) in [5.41, 5.74) is 0.234. The molecule has 0 fully saturated rings. The Morgan fingerprint density at radius 2 is 1.82 bits per heavy atom. The van der Waals surface area contributed by atoms with Gasteiger partial charge in [0.25, 0.3) is 0 Å². The minimum absolute atomic E-state index is 0.234. The van der Waals surface area contributed by atoms with E-state index in [2.05, 4.69) is 33.0 Å². The molecule has 1 unspecified atom stereocenters. The normalized spacial score (nSPS) is 14.9. The van der Waals surface area contributed by atoms with Crippen molar-refractivity contribution in [2.24, 2.45) is 11.3 Å². The molecular formula is C13H29NO2S. The maximum Gasteiger partial charge on any atom is 0.147 e. The predicted octanol–water partition coefficient (Wildman–Crippen LogP) is 2.47. The Morgan fingerprint density at radius 3 is 2.24 bits per heavy atom. The largest absolute Gasteiger partial charge is 0.316 e. The molecule has 0 rings (SSSR count). The molecule has 1 atom stereocenters. The van der Waals surface area contributed by atoms with Crippen molar-refractivity contribution < 1.29 is 8.42 Å². The molecule has 0 bridgehead atoms. The summed E-state index contributed by atoms with van der Waals surface area (Å²) < 4.78 is 22.2. The van der Waals surface area contributed by atoms with Crippen LogP contribution in [-0.4, -0.2) is 33.5 Å². The van der Waals surface area contributed by atoms with Gasteiger partial charge >= 0.3 is 0 Å². The first-order valence-electron chi connectivity index (χ1n) is 6.55. The second-order valence-electron chi connectivity index (χ2n) is 6.04. The van der Waals surface area contributed by atoms with Gasteiger partial charge in [-0.15, -0.1) is 0 Å². The van der Waals surface area contributed by atoms with E-state index in [1.54, 1.807) is 0 Å². The lowest BCUT2D eigenvalue weighted by molar-refractivity contribution is 0.217. The molecule has 0 saturated carbocycles. The molecule has 0 saturated heterocycles. The van der Waals surface area contributed by atoms with Crippen molar-refractivity contribution in [3.05, 3.63) is 0 Å². The van der Waals surface area contributed by atoms with Crippen LogP contribution >= 0.6 is 0 Å². The fourth-order valence-electron chi connectivity index (χ4n) is 1.89. The summed E-state index contributed by atoms with van der Waals surface area (Å²) in [6.07, 6.45) is 4.20. The maximum absolute atomic E-state index is 11.1. The van der Waals surface area contributed by atoms with Crippen LogP contribution in [0.5, 0.6) is 0 Å². The molecule has 0 aromatic carbocycles. The van der Waals surface area contributed by atoms with Crippen LogP contribution in [0.3, 0.4) is 0 Å². The second kappa shape index (κ2) is 7.37. The predicted molar refractivity (Wildman–Crippen MR) is 75.1 cm³/mol. The lowest BCUT2D eigenvalue weighted by Crippen LogP contribution is -2.32. The lowest BCUT2D eigenvalue weighted by atomic mass is 9.78. The van der Waals surface area contributed by atoms with Crippen LogP contribution in [0, 0.1) is 11.3 Å². The first-order valence-corrected chi connectivity index (χ1v) is 8.61. The Morgan fingerprint density at radius 1 is 1.24 bits per heavy atom. The summed E-state index contributed by atoms with van der Waals surface area (Å²) in [5.74, 6) is 0.851. The number of rotatable bonds is 8. The van der Waals surface area contributed by atoms with Gasteiger partial charge in [0.2, 0.25) is 0 Å². The van der Waals surface area contributed by atoms with E-state index < -0.39 is 9.84 Å². The molecular weight excluding hydrogens is 234 g/mol. The molecule has 0 aromatic rings. The van der Waals surface area contributed by atoms with Crippen molar-refractivity contribution in [2.75, 3.05) is 25.1 Å². The van der Waals surface area contributed by atoms with Crippen molar-refractivity contribution in [3.8, 4) is 0 Å². The van der Waals surface area contributed by atoms with Crippen molar-refractivity contribution in [1.29, 1.82) is 0 Å². The third kappa shape index (κ3) is 9.60. The van der Waals surface area contributed by atoms with E-state index in [9.17, 15) is 8.42 Å². The lowest BCUT2D eigenvalue weighted by Gasteiger charge is -2.31. The zero-order chi connectivity index (χ0) is 13.5. The number of nitrogens with one attached hydrogen (secondary N) is 1. The maximum atomic E-state index is 11.1. The summed E-state index contributed by atoms with van der Waals surface area (Å²) in [7, 11) is -2.81. The topological polar surface area (TPSA) is 46.2 Å². The molecule has 1 N–H and O–H groups in total. The second-order valence-corrected chi connectivity index (χ2v) is 8.30. The van der Waals surface area contributed by atoms with Crippen molar-refractivity contribution in [3.63, 3.8) is 0 Å². The summed E-state index contributed by atoms with van der Waals surface area (Å²) in [6.45, 7) is 10.9. The minimum Gasteiger partial charge on any atom is -0.316 e. The van der Waals surface area contributed by atoms with E-state index in [0.717, 1.165) is 32.4 Å². The molecule has 0 aliphatic rings. The highest BCUT2D eigenvalue weighted by Gasteiger charge is 2.24. The molecule has 0 amide bonds. The van der Waals surface area contributed by atoms with Crippen LogP contribution in [0.15, 0.2) is 0 Å².